The number of aromatic nitrogens is 3. The highest BCUT2D eigenvalue weighted by molar-refractivity contribution is 6.15. The molecule has 4 aromatic rings. The van der Waals surface area contributed by atoms with Gasteiger partial charge >= 0.3 is 0 Å². The molecule has 1 unspecified atom stereocenters. The largest absolute Gasteiger partial charge is 0.345 e. The van der Waals surface area contributed by atoms with Gasteiger partial charge in [0.25, 0.3) is 5.91 Å². The molecule has 1 aromatic heterocycles. The van der Waals surface area contributed by atoms with Crippen LogP contribution in [0.15, 0.2) is 91.5 Å². The zero-order valence-electron chi connectivity index (χ0n) is 16.4. The predicted octanol–water partition coefficient (Wildman–Crippen LogP) is 3.99. The summed E-state index contributed by atoms with van der Waals surface area (Å²) in [7, 11) is 0. The molecule has 0 aliphatic rings. The minimum Gasteiger partial charge on any atom is -0.345 e. The van der Waals surface area contributed by atoms with Gasteiger partial charge < -0.3 is 5.32 Å². The molecule has 3 aromatic carbocycles. The Bertz CT molecular complexity index is 1150. The summed E-state index contributed by atoms with van der Waals surface area (Å²) in [6, 6.07) is 23.3. The van der Waals surface area contributed by atoms with E-state index < -0.39 is 0 Å². The number of benzene rings is 3. The summed E-state index contributed by atoms with van der Waals surface area (Å²) in [5, 5.41) is 7.09. The lowest BCUT2D eigenvalue weighted by molar-refractivity contribution is 0.0929. The van der Waals surface area contributed by atoms with Gasteiger partial charge in [0, 0.05) is 11.1 Å². The molecule has 6 nitrogen and oxygen atoms in total. The lowest BCUT2D eigenvalue weighted by atomic mass is 9.97. The standard InChI is InChI=1S/C24H20N4O2/c1-17(18-11-13-20(14-12-18)28-16-25-15-26-28)27-24(30)22-10-6-5-9-21(22)23(29)19-7-3-2-4-8-19/h2-17H,1H3,(H,27,30). The monoisotopic (exact) mass is 396 g/mol. The van der Waals surface area contributed by atoms with Gasteiger partial charge in [-0.3, -0.25) is 9.59 Å². The molecule has 0 aliphatic heterocycles. The number of hydrogen-bond acceptors (Lipinski definition) is 4. The lowest BCUT2D eigenvalue weighted by Crippen LogP contribution is -2.28. The van der Waals surface area contributed by atoms with Crippen LogP contribution in [-0.4, -0.2) is 26.5 Å². The fourth-order valence-corrected chi connectivity index (χ4v) is 3.24. The molecule has 0 spiro atoms. The van der Waals surface area contributed by atoms with Crippen LogP contribution < -0.4 is 5.32 Å². The van der Waals surface area contributed by atoms with E-state index in [9.17, 15) is 9.59 Å². The number of nitrogens with zero attached hydrogens (tertiary/aromatic N) is 3. The Labute approximate surface area is 174 Å². The average molecular weight is 396 g/mol. The van der Waals surface area contributed by atoms with E-state index in [1.807, 2.05) is 37.3 Å². The van der Waals surface area contributed by atoms with Crippen molar-refractivity contribution in [3.63, 3.8) is 0 Å². The number of carbonyl (C=O) groups is 2. The summed E-state index contributed by atoms with van der Waals surface area (Å²) in [6.07, 6.45) is 3.10. The van der Waals surface area contributed by atoms with E-state index in [2.05, 4.69) is 15.4 Å². The highest BCUT2D eigenvalue weighted by Crippen LogP contribution is 2.18. The first-order chi connectivity index (χ1) is 14.6. The number of amides is 1. The van der Waals surface area contributed by atoms with Crippen molar-refractivity contribution in [1.82, 2.24) is 20.1 Å². The van der Waals surface area contributed by atoms with Gasteiger partial charge in [-0.2, -0.15) is 5.10 Å². The molecule has 0 radical (unpaired) electrons. The number of ketones is 1. The Morgan fingerprint density at radius 2 is 1.53 bits per heavy atom. The van der Waals surface area contributed by atoms with Crippen molar-refractivity contribution in [2.75, 3.05) is 0 Å². The Morgan fingerprint density at radius 3 is 2.20 bits per heavy atom. The zero-order valence-corrected chi connectivity index (χ0v) is 16.4. The molecule has 0 saturated carbocycles. The van der Waals surface area contributed by atoms with Crippen LogP contribution >= 0.6 is 0 Å². The molecule has 6 heteroatoms. The van der Waals surface area contributed by atoms with E-state index in [1.54, 1.807) is 59.5 Å². The minimum atomic E-state index is -0.289. The maximum Gasteiger partial charge on any atom is 0.252 e. The van der Waals surface area contributed by atoms with Crippen LogP contribution in [-0.2, 0) is 0 Å². The van der Waals surface area contributed by atoms with Crippen LogP contribution in [0.4, 0.5) is 0 Å². The van der Waals surface area contributed by atoms with Crippen molar-refractivity contribution >= 4 is 11.7 Å². The third kappa shape index (κ3) is 4.03. The summed E-state index contributed by atoms with van der Waals surface area (Å²) < 4.78 is 1.67. The van der Waals surface area contributed by atoms with E-state index in [1.165, 1.54) is 6.33 Å². The second-order valence-electron chi connectivity index (χ2n) is 6.87. The van der Waals surface area contributed by atoms with E-state index in [-0.39, 0.29) is 17.7 Å². The summed E-state index contributed by atoms with van der Waals surface area (Å²) in [6.45, 7) is 1.91. The second kappa shape index (κ2) is 8.53. The van der Waals surface area contributed by atoms with Gasteiger partial charge in [-0.15, -0.1) is 0 Å². The van der Waals surface area contributed by atoms with Crippen molar-refractivity contribution in [3.05, 3.63) is 114 Å². The molecule has 4 rings (SSSR count). The molecule has 0 aliphatic carbocycles. The lowest BCUT2D eigenvalue weighted by Gasteiger charge is -2.16. The van der Waals surface area contributed by atoms with Crippen LogP contribution in [0, 0.1) is 0 Å². The number of hydrogen-bond donors (Lipinski definition) is 1. The molecule has 148 valence electrons. The van der Waals surface area contributed by atoms with E-state index >= 15 is 0 Å². The number of nitrogens with one attached hydrogen (secondary N) is 1. The van der Waals surface area contributed by atoms with Gasteiger partial charge in [0.05, 0.1) is 17.3 Å². The van der Waals surface area contributed by atoms with Gasteiger partial charge in [0.1, 0.15) is 12.7 Å². The first kappa shape index (κ1) is 19.3. The summed E-state index contributed by atoms with van der Waals surface area (Å²) in [5.74, 6) is -0.464. The van der Waals surface area contributed by atoms with E-state index in [0.717, 1.165) is 11.3 Å². The average Bonchev–Trinajstić information content (AvgIpc) is 3.34. The summed E-state index contributed by atoms with van der Waals surface area (Å²) in [4.78, 5) is 29.8. The van der Waals surface area contributed by atoms with Crippen molar-refractivity contribution < 1.29 is 9.59 Å². The SMILES string of the molecule is CC(NC(=O)c1ccccc1C(=O)c1ccccc1)c1ccc(-n2cncn2)cc1. The molecule has 1 amide bonds. The summed E-state index contributed by atoms with van der Waals surface area (Å²) in [5.41, 5.74) is 3.12. The van der Waals surface area contributed by atoms with Crippen molar-refractivity contribution in [2.24, 2.45) is 0 Å². The summed E-state index contributed by atoms with van der Waals surface area (Å²) >= 11 is 0. The molecular formula is C24H20N4O2. The van der Waals surface area contributed by atoms with Crippen LogP contribution in [0.2, 0.25) is 0 Å². The molecular weight excluding hydrogens is 376 g/mol. The Morgan fingerprint density at radius 1 is 0.867 bits per heavy atom. The maximum atomic E-state index is 13.0. The Hall–Kier alpha value is -4.06. The molecule has 0 fully saturated rings. The first-order valence-corrected chi connectivity index (χ1v) is 9.58. The molecule has 30 heavy (non-hydrogen) atoms. The molecule has 1 N–H and O–H groups in total. The van der Waals surface area contributed by atoms with Gasteiger partial charge in [-0.25, -0.2) is 9.67 Å². The fourth-order valence-electron chi connectivity index (χ4n) is 3.24. The van der Waals surface area contributed by atoms with Crippen LogP contribution in [0.5, 0.6) is 0 Å². The van der Waals surface area contributed by atoms with Gasteiger partial charge in [0.2, 0.25) is 0 Å². The highest BCUT2D eigenvalue weighted by Gasteiger charge is 2.19. The topological polar surface area (TPSA) is 76.9 Å². The fraction of sp³-hybridized carbons (Fsp3) is 0.0833. The van der Waals surface area contributed by atoms with Crippen LogP contribution in [0.25, 0.3) is 5.69 Å². The Balaban J connectivity index is 1.52. The number of rotatable bonds is 6. The van der Waals surface area contributed by atoms with Crippen molar-refractivity contribution in [1.29, 1.82) is 0 Å². The minimum absolute atomic E-state index is 0.175. The van der Waals surface area contributed by atoms with Gasteiger partial charge in [-0.1, -0.05) is 60.7 Å². The third-order valence-corrected chi connectivity index (χ3v) is 4.88. The second-order valence-corrected chi connectivity index (χ2v) is 6.87. The van der Waals surface area contributed by atoms with Crippen LogP contribution in [0.3, 0.4) is 0 Å². The quantitative estimate of drug-likeness (QED) is 0.500. The van der Waals surface area contributed by atoms with E-state index in [4.69, 9.17) is 0 Å². The van der Waals surface area contributed by atoms with Crippen molar-refractivity contribution in [3.8, 4) is 5.69 Å². The third-order valence-electron chi connectivity index (χ3n) is 4.88. The van der Waals surface area contributed by atoms with Gasteiger partial charge in [-0.05, 0) is 30.7 Å². The molecule has 0 saturated heterocycles. The van der Waals surface area contributed by atoms with E-state index in [0.29, 0.717) is 16.7 Å². The van der Waals surface area contributed by atoms with Crippen LogP contribution in [0.1, 0.15) is 44.8 Å². The normalized spacial score (nSPS) is 11.6. The molecule has 1 atom stereocenters. The van der Waals surface area contributed by atoms with Gasteiger partial charge in [0.15, 0.2) is 5.78 Å². The predicted molar refractivity (Wildman–Crippen MR) is 114 cm³/mol. The molecule has 1 heterocycles. The zero-order chi connectivity index (χ0) is 20.9. The Kier molecular flexibility index (Phi) is 5.48. The maximum absolute atomic E-state index is 13.0. The first-order valence-electron chi connectivity index (χ1n) is 9.58. The molecule has 0 bridgehead atoms. The van der Waals surface area contributed by atoms with Crippen molar-refractivity contribution in [2.45, 2.75) is 13.0 Å². The highest BCUT2D eigenvalue weighted by atomic mass is 16.2. The number of carbonyl (C=O) groups excluding carboxylic acids is 2. The smallest absolute Gasteiger partial charge is 0.252 e.